The highest BCUT2D eigenvalue weighted by atomic mass is 35.5. The number of benzene rings is 2. The van der Waals surface area contributed by atoms with Crippen molar-refractivity contribution in [2.45, 2.75) is 31.3 Å². The van der Waals surface area contributed by atoms with Crippen LogP contribution in [0.5, 0.6) is 0 Å². The zero-order chi connectivity index (χ0) is 23.4. The lowest BCUT2D eigenvalue weighted by Crippen LogP contribution is -2.27. The Kier molecular flexibility index (Phi) is 8.03. The predicted octanol–water partition coefficient (Wildman–Crippen LogP) is 6.27. The van der Waals surface area contributed by atoms with Crippen LogP contribution < -0.4 is 5.56 Å². The van der Waals surface area contributed by atoms with Crippen LogP contribution in [-0.2, 0) is 12.3 Å². The van der Waals surface area contributed by atoms with Crippen molar-refractivity contribution >= 4 is 57.3 Å². The molecule has 0 atom stereocenters. The first-order valence-electron chi connectivity index (χ1n) is 10.8. The average Bonchev–Trinajstić information content (AvgIpc) is 3.15. The van der Waals surface area contributed by atoms with Gasteiger partial charge in [0.1, 0.15) is 4.70 Å². The van der Waals surface area contributed by atoms with Gasteiger partial charge >= 0.3 is 0 Å². The van der Waals surface area contributed by atoms with E-state index in [1.165, 1.54) is 23.1 Å². The van der Waals surface area contributed by atoms with Crippen molar-refractivity contribution in [1.82, 2.24) is 19.0 Å². The van der Waals surface area contributed by atoms with Gasteiger partial charge in [0.05, 0.1) is 5.69 Å². The lowest BCUT2D eigenvalue weighted by Gasteiger charge is -2.18. The van der Waals surface area contributed by atoms with Crippen molar-refractivity contribution in [3.8, 4) is 5.69 Å². The van der Waals surface area contributed by atoms with E-state index >= 15 is 0 Å². The van der Waals surface area contributed by atoms with E-state index in [1.54, 1.807) is 4.57 Å². The average molecular weight is 517 g/mol. The Hall–Kier alpha value is -1.97. The minimum absolute atomic E-state index is 0.0810. The highest BCUT2D eigenvalue weighted by molar-refractivity contribution is 7.98. The van der Waals surface area contributed by atoms with Crippen LogP contribution >= 0.6 is 46.9 Å². The molecule has 0 radical (unpaired) electrons. The van der Waals surface area contributed by atoms with Crippen LogP contribution in [0, 0.1) is 3.95 Å². The second-order valence-electron chi connectivity index (χ2n) is 7.48. The molecule has 4 aromatic rings. The van der Waals surface area contributed by atoms with Gasteiger partial charge in [-0.05, 0) is 55.1 Å². The van der Waals surface area contributed by atoms with Crippen LogP contribution in [0.1, 0.15) is 19.4 Å². The number of rotatable bonds is 9. The second kappa shape index (κ2) is 11.0. The molecule has 0 bridgehead atoms. The molecule has 0 aliphatic heterocycles. The lowest BCUT2D eigenvalue weighted by atomic mass is 10.2. The van der Waals surface area contributed by atoms with Crippen LogP contribution in [0.3, 0.4) is 0 Å². The summed E-state index contributed by atoms with van der Waals surface area (Å²) in [5.74, 6) is 0.673. The van der Waals surface area contributed by atoms with E-state index in [0.29, 0.717) is 36.8 Å². The number of hydrogen-bond acceptors (Lipinski definition) is 6. The van der Waals surface area contributed by atoms with Crippen molar-refractivity contribution in [3.05, 3.63) is 79.5 Å². The number of halogens is 1. The van der Waals surface area contributed by atoms with Gasteiger partial charge in [-0.1, -0.05) is 78.9 Å². The summed E-state index contributed by atoms with van der Waals surface area (Å²) in [4.78, 5) is 21.0. The summed E-state index contributed by atoms with van der Waals surface area (Å²) in [7, 11) is 0. The van der Waals surface area contributed by atoms with Crippen molar-refractivity contribution in [1.29, 1.82) is 0 Å². The zero-order valence-electron chi connectivity index (χ0n) is 18.5. The Labute approximate surface area is 211 Å². The van der Waals surface area contributed by atoms with Gasteiger partial charge < -0.3 is 9.47 Å². The highest BCUT2D eigenvalue weighted by Gasteiger charge is 2.18. The molecule has 0 aliphatic carbocycles. The van der Waals surface area contributed by atoms with Gasteiger partial charge in [-0.25, -0.2) is 4.98 Å². The quantitative estimate of drug-likeness (QED) is 0.149. The third-order valence-electron chi connectivity index (χ3n) is 5.49. The lowest BCUT2D eigenvalue weighted by molar-refractivity contribution is 0.291. The first-order chi connectivity index (χ1) is 16.0. The second-order valence-corrected chi connectivity index (χ2v) is 10.5. The Balaban J connectivity index is 1.80. The molecule has 0 saturated heterocycles. The van der Waals surface area contributed by atoms with Crippen LogP contribution in [0.25, 0.3) is 16.0 Å². The molecule has 33 heavy (non-hydrogen) atoms. The molecule has 0 N–H and O–H groups in total. The van der Waals surface area contributed by atoms with Crippen LogP contribution in [0.4, 0.5) is 0 Å². The SMILES string of the molecule is CCN(CC)CCn1c(=S)sc2c(=O)n(-c3ccccc3)c(SCc3ccc(Cl)cc3)nc21. The van der Waals surface area contributed by atoms with Crippen molar-refractivity contribution < 1.29 is 0 Å². The van der Waals surface area contributed by atoms with E-state index in [2.05, 4.69) is 18.7 Å². The van der Waals surface area contributed by atoms with Gasteiger partial charge in [-0.3, -0.25) is 9.36 Å². The monoisotopic (exact) mass is 516 g/mol. The molecule has 0 fully saturated rings. The Morgan fingerprint density at radius 1 is 1.09 bits per heavy atom. The zero-order valence-corrected chi connectivity index (χ0v) is 21.7. The van der Waals surface area contributed by atoms with E-state index < -0.39 is 0 Å². The van der Waals surface area contributed by atoms with Crippen molar-refractivity contribution in [2.75, 3.05) is 19.6 Å². The van der Waals surface area contributed by atoms with Gasteiger partial charge in [0.15, 0.2) is 14.8 Å². The Morgan fingerprint density at radius 3 is 2.45 bits per heavy atom. The number of nitrogens with zero attached hydrogens (tertiary/aromatic N) is 4. The molecular weight excluding hydrogens is 492 g/mol. The largest absolute Gasteiger partial charge is 0.306 e. The summed E-state index contributed by atoms with van der Waals surface area (Å²) in [6, 6.07) is 17.4. The fraction of sp³-hybridized carbons (Fsp3) is 0.292. The summed E-state index contributed by atoms with van der Waals surface area (Å²) in [6.07, 6.45) is 0. The molecule has 172 valence electrons. The molecule has 4 rings (SSSR count). The number of thiazole rings is 1. The van der Waals surface area contributed by atoms with Gasteiger partial charge in [0.25, 0.3) is 5.56 Å². The van der Waals surface area contributed by atoms with Crippen molar-refractivity contribution in [3.63, 3.8) is 0 Å². The molecule has 0 saturated carbocycles. The van der Waals surface area contributed by atoms with E-state index in [9.17, 15) is 4.79 Å². The minimum Gasteiger partial charge on any atom is -0.306 e. The van der Waals surface area contributed by atoms with Crippen LogP contribution in [0.15, 0.2) is 64.5 Å². The molecule has 2 heterocycles. The normalized spacial score (nSPS) is 11.5. The fourth-order valence-corrected chi connectivity index (χ4v) is 5.98. The number of aromatic nitrogens is 3. The summed E-state index contributed by atoms with van der Waals surface area (Å²) in [5, 5.41) is 1.35. The summed E-state index contributed by atoms with van der Waals surface area (Å²) in [5.41, 5.74) is 2.50. The number of thioether (sulfide) groups is 1. The molecular formula is C24H25ClN4OS3. The molecule has 2 aromatic heterocycles. The highest BCUT2D eigenvalue weighted by Crippen LogP contribution is 2.27. The number of fused-ring (bicyclic) bond motifs is 1. The topological polar surface area (TPSA) is 43.1 Å². The minimum atomic E-state index is -0.0810. The third kappa shape index (κ3) is 5.41. The van der Waals surface area contributed by atoms with Crippen LogP contribution in [0.2, 0.25) is 5.02 Å². The van der Waals surface area contributed by atoms with Gasteiger partial charge in [0.2, 0.25) is 0 Å². The van der Waals surface area contributed by atoms with Gasteiger partial charge in [-0.15, -0.1) is 0 Å². The summed E-state index contributed by atoms with van der Waals surface area (Å²) >= 11 is 14.6. The van der Waals surface area contributed by atoms with E-state index in [0.717, 1.165) is 30.9 Å². The molecule has 0 aliphatic rings. The first-order valence-corrected chi connectivity index (χ1v) is 13.4. The predicted molar refractivity (Wildman–Crippen MR) is 143 cm³/mol. The molecule has 9 heteroatoms. The number of likely N-dealkylation sites (N-methyl/N-ethyl adjacent to an activating group) is 1. The van der Waals surface area contributed by atoms with Gasteiger partial charge in [0, 0.05) is 23.9 Å². The van der Waals surface area contributed by atoms with E-state index in [-0.39, 0.29) is 5.56 Å². The van der Waals surface area contributed by atoms with Crippen LogP contribution in [-0.4, -0.2) is 38.7 Å². The Morgan fingerprint density at radius 2 is 1.79 bits per heavy atom. The maximum Gasteiger partial charge on any atom is 0.278 e. The summed E-state index contributed by atoms with van der Waals surface area (Å²) < 4.78 is 4.99. The van der Waals surface area contributed by atoms with E-state index in [1.807, 2.05) is 59.2 Å². The van der Waals surface area contributed by atoms with Gasteiger partial charge in [-0.2, -0.15) is 0 Å². The molecule has 5 nitrogen and oxygen atoms in total. The smallest absolute Gasteiger partial charge is 0.278 e. The maximum absolute atomic E-state index is 13.7. The van der Waals surface area contributed by atoms with Crippen molar-refractivity contribution in [2.24, 2.45) is 0 Å². The Bertz CT molecular complexity index is 1340. The molecule has 0 spiro atoms. The molecule has 2 aromatic carbocycles. The maximum atomic E-state index is 13.7. The number of hydrogen-bond donors (Lipinski definition) is 0. The first kappa shape index (κ1) is 24.2. The standard InChI is InChI=1S/C24H25ClN4OS3/c1-3-27(4-2)14-15-28-21-20(33-24(28)31)22(30)29(19-8-6-5-7-9-19)23(26-21)32-16-17-10-12-18(25)13-11-17/h5-13H,3-4,14-16H2,1-2H3. The molecule has 0 amide bonds. The third-order valence-corrected chi connectivity index (χ3v) is 8.18. The summed E-state index contributed by atoms with van der Waals surface area (Å²) in [6.45, 7) is 7.83. The number of para-hydroxylation sites is 1. The fourth-order valence-electron chi connectivity index (χ4n) is 3.59. The molecule has 0 unspecified atom stereocenters. The van der Waals surface area contributed by atoms with E-state index in [4.69, 9.17) is 28.8 Å².